The molecule has 0 radical (unpaired) electrons. The normalized spacial score (nSPS) is 9.46. The zero-order valence-electron chi connectivity index (χ0n) is 7.81. The molecule has 0 atom stereocenters. The number of ether oxygens (including phenoxy) is 1. The maximum absolute atomic E-state index is 8.84. The van der Waals surface area contributed by atoms with Gasteiger partial charge in [-0.3, -0.25) is 0 Å². The lowest BCUT2D eigenvalue weighted by Gasteiger charge is -2.09. The summed E-state index contributed by atoms with van der Waals surface area (Å²) in [4.78, 5) is 0. The Hall–Kier alpha value is -1.20. The minimum Gasteiger partial charge on any atom is -0.495 e. The van der Waals surface area contributed by atoms with E-state index in [2.05, 4.69) is 6.07 Å². The first-order chi connectivity index (χ1) is 6.11. The van der Waals surface area contributed by atoms with Gasteiger partial charge in [-0.05, 0) is 31.0 Å². The van der Waals surface area contributed by atoms with Gasteiger partial charge in [-0.1, -0.05) is 11.6 Å². The maximum atomic E-state index is 8.84. The SMILES string of the molecule is COc1cc(C)c(C#N)c(C)c1Cl. The van der Waals surface area contributed by atoms with Gasteiger partial charge < -0.3 is 4.74 Å². The van der Waals surface area contributed by atoms with Gasteiger partial charge in [0.05, 0.1) is 23.8 Å². The minimum atomic E-state index is 0.518. The average Bonchev–Trinajstić information content (AvgIpc) is 2.12. The molecule has 13 heavy (non-hydrogen) atoms. The van der Waals surface area contributed by atoms with E-state index < -0.39 is 0 Å². The van der Waals surface area contributed by atoms with Crippen molar-refractivity contribution in [2.45, 2.75) is 13.8 Å². The predicted molar refractivity (Wildman–Crippen MR) is 52.2 cm³/mol. The summed E-state index contributed by atoms with van der Waals surface area (Å²) < 4.78 is 5.06. The van der Waals surface area contributed by atoms with Crippen LogP contribution in [0.1, 0.15) is 16.7 Å². The quantitative estimate of drug-likeness (QED) is 0.691. The van der Waals surface area contributed by atoms with Crippen LogP contribution >= 0.6 is 11.6 Å². The number of halogens is 1. The Labute approximate surface area is 82.7 Å². The third kappa shape index (κ3) is 1.61. The highest BCUT2D eigenvalue weighted by Gasteiger charge is 2.11. The monoisotopic (exact) mass is 195 g/mol. The van der Waals surface area contributed by atoms with Crippen LogP contribution in [0.4, 0.5) is 0 Å². The Morgan fingerprint density at radius 3 is 2.54 bits per heavy atom. The highest BCUT2D eigenvalue weighted by atomic mass is 35.5. The molecule has 0 bridgehead atoms. The van der Waals surface area contributed by atoms with Gasteiger partial charge in [0, 0.05) is 0 Å². The molecule has 0 unspecified atom stereocenters. The lowest BCUT2D eigenvalue weighted by atomic mass is 10.0. The molecule has 0 aromatic heterocycles. The Morgan fingerprint density at radius 1 is 1.46 bits per heavy atom. The molecule has 0 aliphatic rings. The molecule has 0 saturated heterocycles. The largest absolute Gasteiger partial charge is 0.495 e. The van der Waals surface area contributed by atoms with E-state index in [0.717, 1.165) is 11.1 Å². The molecule has 0 N–H and O–H groups in total. The number of nitriles is 1. The van der Waals surface area contributed by atoms with Crippen LogP contribution in [0.5, 0.6) is 5.75 Å². The van der Waals surface area contributed by atoms with Gasteiger partial charge in [0.2, 0.25) is 0 Å². The number of rotatable bonds is 1. The number of nitrogens with zero attached hydrogens (tertiary/aromatic N) is 1. The van der Waals surface area contributed by atoms with E-state index in [1.54, 1.807) is 13.2 Å². The Bertz CT molecular complexity index is 379. The topological polar surface area (TPSA) is 33.0 Å². The third-order valence-electron chi connectivity index (χ3n) is 1.99. The zero-order chi connectivity index (χ0) is 10.0. The standard InChI is InChI=1S/C10H10ClNO/c1-6-4-9(13-3)10(11)7(2)8(6)5-12/h4H,1-3H3. The third-order valence-corrected chi connectivity index (χ3v) is 2.46. The number of benzene rings is 1. The molecule has 0 fully saturated rings. The van der Waals surface area contributed by atoms with Crippen LogP contribution < -0.4 is 4.74 Å². The molecule has 0 saturated carbocycles. The summed E-state index contributed by atoms with van der Waals surface area (Å²) in [6, 6.07) is 3.89. The van der Waals surface area contributed by atoms with Crippen LogP contribution in [0.3, 0.4) is 0 Å². The Morgan fingerprint density at radius 2 is 2.08 bits per heavy atom. The average molecular weight is 196 g/mol. The maximum Gasteiger partial charge on any atom is 0.138 e. The number of hydrogen-bond donors (Lipinski definition) is 0. The molecule has 2 nitrogen and oxygen atoms in total. The van der Waals surface area contributed by atoms with Crippen molar-refractivity contribution >= 4 is 11.6 Å². The van der Waals surface area contributed by atoms with Crippen molar-refractivity contribution in [3.05, 3.63) is 27.8 Å². The van der Waals surface area contributed by atoms with Crippen molar-refractivity contribution in [3.8, 4) is 11.8 Å². The molecule has 1 rings (SSSR count). The van der Waals surface area contributed by atoms with E-state index in [4.69, 9.17) is 21.6 Å². The van der Waals surface area contributed by atoms with Crippen molar-refractivity contribution in [3.63, 3.8) is 0 Å². The summed E-state index contributed by atoms with van der Waals surface area (Å²) in [5.74, 6) is 0.621. The van der Waals surface area contributed by atoms with Crippen LogP contribution in [0.2, 0.25) is 5.02 Å². The van der Waals surface area contributed by atoms with Crippen LogP contribution in [0.25, 0.3) is 0 Å². The lowest BCUT2D eigenvalue weighted by molar-refractivity contribution is 0.414. The Balaban J connectivity index is 3.48. The van der Waals surface area contributed by atoms with Gasteiger partial charge in [-0.2, -0.15) is 5.26 Å². The van der Waals surface area contributed by atoms with E-state index in [-0.39, 0.29) is 0 Å². The first-order valence-corrected chi connectivity index (χ1v) is 4.23. The molecule has 1 aromatic rings. The molecule has 0 spiro atoms. The van der Waals surface area contributed by atoms with Gasteiger partial charge in [-0.25, -0.2) is 0 Å². The highest BCUT2D eigenvalue weighted by Crippen LogP contribution is 2.31. The predicted octanol–water partition coefficient (Wildman–Crippen LogP) is 2.84. The fourth-order valence-corrected chi connectivity index (χ4v) is 1.47. The second-order valence-electron chi connectivity index (χ2n) is 2.82. The molecule has 0 aliphatic heterocycles. The lowest BCUT2D eigenvalue weighted by Crippen LogP contribution is -1.93. The molecule has 0 amide bonds. The number of hydrogen-bond acceptors (Lipinski definition) is 2. The van der Waals surface area contributed by atoms with Gasteiger partial charge in [-0.15, -0.1) is 0 Å². The summed E-state index contributed by atoms with van der Waals surface area (Å²) in [6.45, 7) is 3.68. The molecule has 68 valence electrons. The highest BCUT2D eigenvalue weighted by molar-refractivity contribution is 6.33. The van der Waals surface area contributed by atoms with Gasteiger partial charge in [0.25, 0.3) is 0 Å². The summed E-state index contributed by atoms with van der Waals surface area (Å²) >= 11 is 5.97. The molecular weight excluding hydrogens is 186 g/mol. The summed E-state index contributed by atoms with van der Waals surface area (Å²) in [5.41, 5.74) is 2.30. The van der Waals surface area contributed by atoms with Gasteiger partial charge in [0.1, 0.15) is 5.75 Å². The van der Waals surface area contributed by atoms with Crippen LogP contribution in [-0.2, 0) is 0 Å². The van der Waals surface area contributed by atoms with Gasteiger partial charge >= 0.3 is 0 Å². The van der Waals surface area contributed by atoms with E-state index in [1.165, 1.54) is 0 Å². The second kappa shape index (κ2) is 3.68. The first-order valence-electron chi connectivity index (χ1n) is 3.85. The van der Waals surface area contributed by atoms with Crippen LogP contribution in [0.15, 0.2) is 6.07 Å². The Kier molecular flexibility index (Phi) is 2.79. The van der Waals surface area contributed by atoms with E-state index in [9.17, 15) is 0 Å². The summed E-state index contributed by atoms with van der Waals surface area (Å²) in [5, 5.41) is 9.36. The minimum absolute atomic E-state index is 0.518. The number of aryl methyl sites for hydroxylation is 1. The second-order valence-corrected chi connectivity index (χ2v) is 3.20. The first kappa shape index (κ1) is 9.88. The molecule has 0 heterocycles. The van der Waals surface area contributed by atoms with Crippen LogP contribution in [-0.4, -0.2) is 7.11 Å². The van der Waals surface area contributed by atoms with Gasteiger partial charge in [0.15, 0.2) is 0 Å². The van der Waals surface area contributed by atoms with E-state index in [0.29, 0.717) is 16.3 Å². The molecular formula is C10H10ClNO. The van der Waals surface area contributed by atoms with Crippen molar-refractivity contribution in [2.75, 3.05) is 7.11 Å². The molecule has 1 aromatic carbocycles. The fourth-order valence-electron chi connectivity index (χ4n) is 1.24. The molecule has 3 heteroatoms. The summed E-state index contributed by atoms with van der Waals surface area (Å²) in [7, 11) is 1.56. The van der Waals surface area contributed by atoms with Crippen molar-refractivity contribution in [1.82, 2.24) is 0 Å². The van der Waals surface area contributed by atoms with Crippen molar-refractivity contribution in [1.29, 1.82) is 5.26 Å². The van der Waals surface area contributed by atoms with E-state index >= 15 is 0 Å². The summed E-state index contributed by atoms with van der Waals surface area (Å²) in [6.07, 6.45) is 0. The molecule has 0 aliphatic carbocycles. The smallest absolute Gasteiger partial charge is 0.138 e. The van der Waals surface area contributed by atoms with E-state index in [1.807, 2.05) is 13.8 Å². The van der Waals surface area contributed by atoms with Crippen LogP contribution in [0, 0.1) is 25.2 Å². The zero-order valence-corrected chi connectivity index (χ0v) is 8.57. The fraction of sp³-hybridized carbons (Fsp3) is 0.300. The van der Waals surface area contributed by atoms with Crippen molar-refractivity contribution < 1.29 is 4.74 Å². The van der Waals surface area contributed by atoms with Crippen molar-refractivity contribution in [2.24, 2.45) is 0 Å². The number of methoxy groups -OCH3 is 1.